The molecule has 18 heavy (non-hydrogen) atoms. The molecule has 0 unspecified atom stereocenters. The third-order valence-electron chi connectivity index (χ3n) is 4.13. The zero-order chi connectivity index (χ0) is 12.8. The van der Waals surface area contributed by atoms with Gasteiger partial charge in [-0.2, -0.15) is 0 Å². The molecule has 0 atom stereocenters. The van der Waals surface area contributed by atoms with Crippen molar-refractivity contribution >= 4 is 9.84 Å². The van der Waals surface area contributed by atoms with Gasteiger partial charge in [0.2, 0.25) is 0 Å². The molecule has 0 aromatic heterocycles. The van der Waals surface area contributed by atoms with Crippen molar-refractivity contribution in [1.82, 2.24) is 10.2 Å². The summed E-state index contributed by atoms with van der Waals surface area (Å²) in [6.45, 7) is 3.57. The van der Waals surface area contributed by atoms with Gasteiger partial charge in [-0.3, -0.25) is 0 Å². The second-order valence-corrected chi connectivity index (χ2v) is 7.94. The lowest BCUT2D eigenvalue weighted by molar-refractivity contribution is 0.283. The minimum absolute atomic E-state index is 0.350. The van der Waals surface area contributed by atoms with Crippen molar-refractivity contribution in [1.29, 1.82) is 0 Å². The maximum absolute atomic E-state index is 11.3. The largest absolute Gasteiger partial charge is 0.314 e. The van der Waals surface area contributed by atoms with Crippen molar-refractivity contribution in [3.8, 4) is 0 Å². The molecular formula is C13H26N2O2S. The van der Waals surface area contributed by atoms with E-state index in [1.54, 1.807) is 0 Å². The lowest BCUT2D eigenvalue weighted by Crippen LogP contribution is -2.41. The number of nitrogens with one attached hydrogen (secondary N) is 1. The van der Waals surface area contributed by atoms with Gasteiger partial charge in [-0.05, 0) is 32.4 Å². The van der Waals surface area contributed by atoms with E-state index in [9.17, 15) is 8.42 Å². The molecule has 106 valence electrons. The SMILES string of the molecule is O=S1(=O)CCN(CCCNC2CCCCC2)CC1. The summed E-state index contributed by atoms with van der Waals surface area (Å²) in [5, 5.41) is 3.63. The Labute approximate surface area is 111 Å². The Morgan fingerprint density at radius 3 is 2.39 bits per heavy atom. The molecule has 0 spiro atoms. The number of rotatable bonds is 5. The van der Waals surface area contributed by atoms with E-state index in [1.807, 2.05) is 0 Å². The van der Waals surface area contributed by atoms with Gasteiger partial charge in [0.15, 0.2) is 9.84 Å². The Kier molecular flexibility index (Phi) is 5.45. The van der Waals surface area contributed by atoms with Gasteiger partial charge in [-0.25, -0.2) is 8.42 Å². The molecule has 0 amide bonds. The van der Waals surface area contributed by atoms with E-state index in [2.05, 4.69) is 10.2 Å². The van der Waals surface area contributed by atoms with Crippen LogP contribution in [0.2, 0.25) is 0 Å². The molecule has 1 saturated carbocycles. The van der Waals surface area contributed by atoms with Gasteiger partial charge in [0.05, 0.1) is 11.5 Å². The second kappa shape index (κ2) is 6.87. The Morgan fingerprint density at radius 1 is 1.06 bits per heavy atom. The highest BCUT2D eigenvalue weighted by atomic mass is 32.2. The van der Waals surface area contributed by atoms with Crippen molar-refractivity contribution in [2.24, 2.45) is 0 Å². The topological polar surface area (TPSA) is 49.4 Å². The van der Waals surface area contributed by atoms with Crippen LogP contribution in [0.25, 0.3) is 0 Å². The van der Waals surface area contributed by atoms with Crippen LogP contribution in [0.1, 0.15) is 38.5 Å². The van der Waals surface area contributed by atoms with Crippen LogP contribution in [0.5, 0.6) is 0 Å². The third kappa shape index (κ3) is 4.86. The summed E-state index contributed by atoms with van der Waals surface area (Å²) in [6.07, 6.45) is 7.96. The Morgan fingerprint density at radius 2 is 1.72 bits per heavy atom. The molecule has 4 nitrogen and oxygen atoms in total. The zero-order valence-electron chi connectivity index (χ0n) is 11.2. The first-order valence-electron chi connectivity index (χ1n) is 7.32. The van der Waals surface area contributed by atoms with Gasteiger partial charge in [0.1, 0.15) is 0 Å². The highest BCUT2D eigenvalue weighted by Gasteiger charge is 2.20. The molecule has 0 aromatic carbocycles. The molecule has 0 aromatic rings. The number of hydrogen-bond acceptors (Lipinski definition) is 4. The Hall–Kier alpha value is -0.130. The van der Waals surface area contributed by atoms with E-state index in [4.69, 9.17) is 0 Å². The fraction of sp³-hybridized carbons (Fsp3) is 1.00. The average Bonchev–Trinajstić information content (AvgIpc) is 2.37. The van der Waals surface area contributed by atoms with Crippen LogP contribution in [0.4, 0.5) is 0 Å². The summed E-state index contributed by atoms with van der Waals surface area (Å²) < 4.78 is 22.6. The summed E-state index contributed by atoms with van der Waals surface area (Å²) in [5.74, 6) is 0.701. The average molecular weight is 274 g/mol. The Bertz CT molecular complexity index is 323. The molecular weight excluding hydrogens is 248 g/mol. The van der Waals surface area contributed by atoms with E-state index >= 15 is 0 Å². The summed E-state index contributed by atoms with van der Waals surface area (Å²) >= 11 is 0. The summed E-state index contributed by atoms with van der Waals surface area (Å²) in [5.41, 5.74) is 0. The quantitative estimate of drug-likeness (QED) is 0.761. The van der Waals surface area contributed by atoms with Gasteiger partial charge >= 0.3 is 0 Å². The molecule has 1 aliphatic carbocycles. The first kappa shape index (κ1) is 14.3. The van der Waals surface area contributed by atoms with E-state index < -0.39 is 9.84 Å². The van der Waals surface area contributed by atoms with Gasteiger partial charge in [0, 0.05) is 19.1 Å². The zero-order valence-corrected chi connectivity index (χ0v) is 12.1. The highest BCUT2D eigenvalue weighted by Crippen LogP contribution is 2.17. The molecule has 2 rings (SSSR count). The van der Waals surface area contributed by atoms with Crippen molar-refractivity contribution in [2.75, 3.05) is 37.7 Å². The summed E-state index contributed by atoms with van der Waals surface area (Å²) in [6, 6.07) is 0.737. The van der Waals surface area contributed by atoms with E-state index in [0.717, 1.165) is 38.6 Å². The van der Waals surface area contributed by atoms with Crippen LogP contribution in [0, 0.1) is 0 Å². The number of hydrogen-bond donors (Lipinski definition) is 1. The van der Waals surface area contributed by atoms with Gasteiger partial charge < -0.3 is 10.2 Å². The maximum Gasteiger partial charge on any atom is 0.152 e. The Balaban J connectivity index is 1.53. The molecule has 5 heteroatoms. The minimum Gasteiger partial charge on any atom is -0.314 e. The van der Waals surface area contributed by atoms with Crippen LogP contribution in [-0.4, -0.2) is 57.0 Å². The fourth-order valence-corrected chi connectivity index (χ4v) is 4.17. The predicted octanol–water partition coefficient (Wildman–Crippen LogP) is 1.03. The molecule has 0 radical (unpaired) electrons. The second-order valence-electron chi connectivity index (χ2n) is 5.64. The summed E-state index contributed by atoms with van der Waals surface area (Å²) in [7, 11) is -2.72. The normalized spacial score (nSPS) is 26.2. The highest BCUT2D eigenvalue weighted by molar-refractivity contribution is 7.91. The standard InChI is InChI=1S/C13H26N2O2S/c16-18(17)11-9-15(10-12-18)8-4-7-14-13-5-2-1-3-6-13/h13-14H,1-12H2. The molecule has 2 fully saturated rings. The lowest BCUT2D eigenvalue weighted by atomic mass is 9.95. The van der Waals surface area contributed by atoms with Gasteiger partial charge in [0.25, 0.3) is 0 Å². The monoisotopic (exact) mass is 274 g/mol. The van der Waals surface area contributed by atoms with E-state index in [1.165, 1.54) is 32.1 Å². The van der Waals surface area contributed by atoms with Crippen LogP contribution >= 0.6 is 0 Å². The van der Waals surface area contributed by atoms with Gasteiger partial charge in [-0.15, -0.1) is 0 Å². The predicted molar refractivity (Wildman–Crippen MR) is 74.6 cm³/mol. The molecule has 2 aliphatic rings. The van der Waals surface area contributed by atoms with E-state index in [-0.39, 0.29) is 0 Å². The van der Waals surface area contributed by atoms with Crippen molar-refractivity contribution in [3.63, 3.8) is 0 Å². The van der Waals surface area contributed by atoms with Crippen LogP contribution in [-0.2, 0) is 9.84 Å². The van der Waals surface area contributed by atoms with Crippen LogP contribution in [0.15, 0.2) is 0 Å². The number of nitrogens with zero attached hydrogens (tertiary/aromatic N) is 1. The van der Waals surface area contributed by atoms with Crippen LogP contribution < -0.4 is 5.32 Å². The van der Waals surface area contributed by atoms with Crippen molar-refractivity contribution in [3.05, 3.63) is 0 Å². The smallest absolute Gasteiger partial charge is 0.152 e. The maximum atomic E-state index is 11.3. The third-order valence-corrected chi connectivity index (χ3v) is 5.74. The molecule has 1 aliphatic heterocycles. The van der Waals surface area contributed by atoms with Gasteiger partial charge in [-0.1, -0.05) is 19.3 Å². The summed E-state index contributed by atoms with van der Waals surface area (Å²) in [4.78, 5) is 2.28. The molecule has 1 N–H and O–H groups in total. The molecule has 1 heterocycles. The molecule has 1 saturated heterocycles. The molecule has 0 bridgehead atoms. The first-order chi connectivity index (χ1) is 8.66. The van der Waals surface area contributed by atoms with Crippen LogP contribution in [0.3, 0.4) is 0 Å². The van der Waals surface area contributed by atoms with Crippen molar-refractivity contribution in [2.45, 2.75) is 44.6 Å². The van der Waals surface area contributed by atoms with Crippen molar-refractivity contribution < 1.29 is 8.42 Å². The first-order valence-corrected chi connectivity index (χ1v) is 9.14. The lowest BCUT2D eigenvalue weighted by Gasteiger charge is -2.27. The van der Waals surface area contributed by atoms with E-state index in [0.29, 0.717) is 11.5 Å². The number of sulfone groups is 1. The fourth-order valence-electron chi connectivity index (χ4n) is 2.89. The minimum atomic E-state index is -2.72.